The van der Waals surface area contributed by atoms with E-state index in [9.17, 15) is 4.79 Å². The van der Waals surface area contributed by atoms with E-state index in [1.54, 1.807) is 0 Å². The van der Waals surface area contributed by atoms with Crippen molar-refractivity contribution < 1.29 is 9.53 Å². The molecule has 5 rings (SSSR count). The molecule has 162 valence electrons. The first-order chi connectivity index (χ1) is 15.6. The molecule has 3 aromatic carbocycles. The van der Waals surface area contributed by atoms with Crippen molar-refractivity contribution in [2.75, 3.05) is 17.2 Å². The summed E-state index contributed by atoms with van der Waals surface area (Å²) in [4.78, 5) is 13.5. The largest absolute Gasteiger partial charge is 0.494 e. The maximum atomic E-state index is 13.5. The molecule has 0 radical (unpaired) electrons. The van der Waals surface area contributed by atoms with Gasteiger partial charge in [0.2, 0.25) is 0 Å². The Kier molecular flexibility index (Phi) is 5.62. The van der Waals surface area contributed by atoms with Crippen LogP contribution in [0.1, 0.15) is 42.9 Å². The number of allylic oxidation sites excluding steroid dienone is 1. The van der Waals surface area contributed by atoms with Crippen LogP contribution < -0.4 is 15.4 Å². The van der Waals surface area contributed by atoms with Crippen molar-refractivity contribution in [3.05, 3.63) is 100 Å². The summed E-state index contributed by atoms with van der Waals surface area (Å²) < 4.78 is 5.61. The highest BCUT2D eigenvalue weighted by molar-refractivity contribution is 6.30. The molecule has 0 aromatic heterocycles. The predicted molar refractivity (Wildman–Crippen MR) is 129 cm³/mol. The number of para-hydroxylation sites is 2. The Hall–Kier alpha value is -3.24. The van der Waals surface area contributed by atoms with Crippen molar-refractivity contribution in [3.63, 3.8) is 0 Å². The zero-order valence-corrected chi connectivity index (χ0v) is 18.7. The lowest BCUT2D eigenvalue weighted by Gasteiger charge is -2.30. The van der Waals surface area contributed by atoms with Crippen molar-refractivity contribution in [2.45, 2.75) is 31.7 Å². The first kappa shape index (κ1) is 20.7. The lowest BCUT2D eigenvalue weighted by Crippen LogP contribution is -2.26. The molecule has 2 atom stereocenters. The minimum absolute atomic E-state index is 0.122. The Morgan fingerprint density at radius 3 is 2.31 bits per heavy atom. The van der Waals surface area contributed by atoms with Gasteiger partial charge in [0.25, 0.3) is 0 Å². The summed E-state index contributed by atoms with van der Waals surface area (Å²) in [5.74, 6) is 1.12. The SMILES string of the molecule is CCOc1ccc([C@@H]2Nc3ccccc3NC3=C2C(=O)C[C@@H](c2ccc(Cl)cc2)C3)cc1. The number of carbonyl (C=O) groups is 1. The van der Waals surface area contributed by atoms with Crippen molar-refractivity contribution >= 4 is 28.8 Å². The molecular formula is C27H25ClN2O2. The summed E-state index contributed by atoms with van der Waals surface area (Å²) in [6.07, 6.45) is 1.25. The average molecular weight is 445 g/mol. The summed E-state index contributed by atoms with van der Waals surface area (Å²) in [5, 5.41) is 7.90. The van der Waals surface area contributed by atoms with Crippen LogP contribution in [0, 0.1) is 0 Å². The fourth-order valence-corrected chi connectivity index (χ4v) is 4.76. The van der Waals surface area contributed by atoms with E-state index in [2.05, 4.69) is 10.6 Å². The van der Waals surface area contributed by atoms with Crippen LogP contribution >= 0.6 is 11.6 Å². The van der Waals surface area contributed by atoms with E-state index in [4.69, 9.17) is 16.3 Å². The third kappa shape index (κ3) is 3.98. The van der Waals surface area contributed by atoms with Crippen LogP contribution in [0.15, 0.2) is 84.1 Å². The Morgan fingerprint density at radius 1 is 0.906 bits per heavy atom. The number of Topliss-reactive ketones (excluding diaryl/α,β-unsaturated/α-hetero) is 1. The zero-order valence-electron chi connectivity index (χ0n) is 17.9. The molecule has 1 aliphatic heterocycles. The Balaban J connectivity index is 1.56. The van der Waals surface area contributed by atoms with E-state index < -0.39 is 0 Å². The van der Waals surface area contributed by atoms with Crippen molar-refractivity contribution in [1.29, 1.82) is 0 Å². The second-order valence-electron chi connectivity index (χ2n) is 8.22. The molecule has 0 saturated heterocycles. The number of hydrogen-bond acceptors (Lipinski definition) is 4. The van der Waals surface area contributed by atoms with Crippen LogP contribution in [0.2, 0.25) is 5.02 Å². The van der Waals surface area contributed by atoms with Gasteiger partial charge in [-0.2, -0.15) is 0 Å². The number of nitrogens with one attached hydrogen (secondary N) is 2. The van der Waals surface area contributed by atoms with Crippen LogP contribution in [0.3, 0.4) is 0 Å². The van der Waals surface area contributed by atoms with Gasteiger partial charge in [-0.3, -0.25) is 4.79 Å². The predicted octanol–water partition coefficient (Wildman–Crippen LogP) is 6.72. The highest BCUT2D eigenvalue weighted by Crippen LogP contribution is 2.44. The van der Waals surface area contributed by atoms with Gasteiger partial charge < -0.3 is 15.4 Å². The molecule has 32 heavy (non-hydrogen) atoms. The summed E-state index contributed by atoms with van der Waals surface area (Å²) in [6, 6.07) is 23.7. The van der Waals surface area contributed by atoms with Crippen LogP contribution in [0.5, 0.6) is 5.75 Å². The average Bonchev–Trinajstić information content (AvgIpc) is 2.97. The second kappa shape index (κ2) is 8.71. The van der Waals surface area contributed by atoms with Gasteiger partial charge in [-0.15, -0.1) is 0 Å². The Labute approximate surface area is 193 Å². The van der Waals surface area contributed by atoms with Gasteiger partial charge in [0.1, 0.15) is 5.75 Å². The molecule has 5 heteroatoms. The second-order valence-corrected chi connectivity index (χ2v) is 8.66. The quantitative estimate of drug-likeness (QED) is 0.469. The van der Waals surface area contributed by atoms with Gasteiger partial charge in [0.15, 0.2) is 5.78 Å². The topological polar surface area (TPSA) is 50.4 Å². The highest BCUT2D eigenvalue weighted by atomic mass is 35.5. The zero-order chi connectivity index (χ0) is 22.1. The number of anilines is 2. The van der Waals surface area contributed by atoms with E-state index in [0.717, 1.165) is 45.9 Å². The van der Waals surface area contributed by atoms with Crippen LogP contribution in [-0.4, -0.2) is 12.4 Å². The van der Waals surface area contributed by atoms with Gasteiger partial charge in [0.05, 0.1) is 24.0 Å². The van der Waals surface area contributed by atoms with Gasteiger partial charge >= 0.3 is 0 Å². The molecular weight excluding hydrogens is 420 g/mol. The van der Waals surface area contributed by atoms with Crippen LogP contribution in [0.25, 0.3) is 0 Å². The molecule has 0 saturated carbocycles. The van der Waals surface area contributed by atoms with Crippen LogP contribution in [0.4, 0.5) is 11.4 Å². The van der Waals surface area contributed by atoms with Crippen molar-refractivity contribution in [2.24, 2.45) is 0 Å². The molecule has 3 aromatic rings. The fourth-order valence-electron chi connectivity index (χ4n) is 4.64. The van der Waals surface area contributed by atoms with E-state index in [1.165, 1.54) is 0 Å². The van der Waals surface area contributed by atoms with Gasteiger partial charge in [-0.25, -0.2) is 0 Å². The first-order valence-electron chi connectivity index (χ1n) is 11.0. The van der Waals surface area contributed by atoms with Gasteiger partial charge in [-0.1, -0.05) is 48.0 Å². The third-order valence-corrected chi connectivity index (χ3v) is 6.43. The summed E-state index contributed by atoms with van der Waals surface area (Å²) >= 11 is 6.08. The lowest BCUT2D eigenvalue weighted by atomic mass is 9.78. The molecule has 2 N–H and O–H groups in total. The Bertz CT molecular complexity index is 1170. The lowest BCUT2D eigenvalue weighted by molar-refractivity contribution is -0.116. The molecule has 0 unspecified atom stereocenters. The third-order valence-electron chi connectivity index (χ3n) is 6.17. The molecule has 1 heterocycles. The van der Waals surface area contributed by atoms with Crippen molar-refractivity contribution in [1.82, 2.24) is 0 Å². The number of rotatable bonds is 4. The van der Waals surface area contributed by atoms with E-state index >= 15 is 0 Å². The molecule has 0 fully saturated rings. The minimum Gasteiger partial charge on any atom is -0.494 e. The minimum atomic E-state index is -0.226. The molecule has 0 bridgehead atoms. The molecule has 4 nitrogen and oxygen atoms in total. The number of carbonyl (C=O) groups excluding carboxylic acids is 1. The number of ketones is 1. The smallest absolute Gasteiger partial charge is 0.163 e. The van der Waals surface area contributed by atoms with Crippen LogP contribution in [-0.2, 0) is 4.79 Å². The molecule has 0 amide bonds. The molecule has 1 aliphatic carbocycles. The van der Waals surface area contributed by atoms with E-state index in [1.807, 2.05) is 79.7 Å². The summed E-state index contributed by atoms with van der Waals surface area (Å²) in [7, 11) is 0. The molecule has 2 aliphatic rings. The number of ether oxygens (including phenoxy) is 1. The van der Waals surface area contributed by atoms with Crippen molar-refractivity contribution in [3.8, 4) is 5.75 Å². The van der Waals surface area contributed by atoms with E-state index in [-0.39, 0.29) is 17.7 Å². The first-order valence-corrected chi connectivity index (χ1v) is 11.4. The van der Waals surface area contributed by atoms with E-state index in [0.29, 0.717) is 18.1 Å². The maximum absolute atomic E-state index is 13.5. The normalized spacial score (nSPS) is 19.9. The number of hydrogen-bond donors (Lipinski definition) is 2. The number of fused-ring (bicyclic) bond motifs is 1. The molecule has 0 spiro atoms. The van der Waals surface area contributed by atoms with Gasteiger partial charge in [0, 0.05) is 22.7 Å². The maximum Gasteiger partial charge on any atom is 0.163 e. The fraction of sp³-hybridized carbons (Fsp3) is 0.222. The Morgan fingerprint density at radius 2 is 1.59 bits per heavy atom. The highest BCUT2D eigenvalue weighted by Gasteiger charge is 2.36. The summed E-state index contributed by atoms with van der Waals surface area (Å²) in [6.45, 7) is 2.59. The number of benzene rings is 3. The summed E-state index contributed by atoms with van der Waals surface area (Å²) in [5.41, 5.74) is 5.94. The monoisotopic (exact) mass is 444 g/mol. The standard InChI is InChI=1S/C27H25ClN2O2/c1-2-32-21-13-9-18(10-14-21)27-26-24(29-22-5-3-4-6-23(22)30-27)15-19(16-25(26)31)17-7-11-20(28)12-8-17/h3-14,19,27,29-30H,2,15-16H2,1H3/t19-,27-/m0/s1. The van der Waals surface area contributed by atoms with Gasteiger partial charge in [-0.05, 0) is 66.8 Å². The number of halogens is 1.